The zero-order chi connectivity index (χ0) is 24.2. The molecule has 0 saturated carbocycles. The van der Waals surface area contributed by atoms with Crippen LogP contribution in [-0.4, -0.2) is 47.9 Å². The Morgan fingerprint density at radius 1 is 1.27 bits per heavy atom. The minimum absolute atomic E-state index is 0.102. The second-order valence-electron chi connectivity index (χ2n) is 7.36. The number of nitrogens with two attached hydrogens (primary N) is 1. The van der Waals surface area contributed by atoms with Gasteiger partial charge in [-0.3, -0.25) is 14.4 Å². The molecule has 0 spiro atoms. The molecule has 2 amide bonds. The van der Waals surface area contributed by atoms with Gasteiger partial charge in [-0.2, -0.15) is 0 Å². The highest BCUT2D eigenvalue weighted by Gasteiger charge is 2.49. The maximum atomic E-state index is 13.1. The summed E-state index contributed by atoms with van der Waals surface area (Å²) in [7, 11) is 1.42. The number of hydrogen-bond acceptors (Lipinski definition) is 7. The highest BCUT2D eigenvalue weighted by molar-refractivity contribution is 6.31. The summed E-state index contributed by atoms with van der Waals surface area (Å²) in [5.74, 6) is -1.95. The van der Waals surface area contributed by atoms with Crippen molar-refractivity contribution in [2.75, 3.05) is 19.0 Å². The van der Waals surface area contributed by atoms with Crippen LogP contribution in [0.3, 0.4) is 0 Å². The number of carboxylic acids is 1. The number of aliphatic carboxylic acids is 1. The predicted molar refractivity (Wildman–Crippen MR) is 120 cm³/mol. The first kappa shape index (κ1) is 23.9. The summed E-state index contributed by atoms with van der Waals surface area (Å²) in [6.45, 7) is 1.40. The normalized spacial score (nSPS) is 17.0. The molecule has 1 atom stereocenters. The third-order valence-corrected chi connectivity index (χ3v) is 5.43. The number of halogens is 1. The molecule has 2 aromatic carbocycles. The van der Waals surface area contributed by atoms with E-state index >= 15 is 0 Å². The summed E-state index contributed by atoms with van der Waals surface area (Å²) < 4.78 is 10.6. The van der Waals surface area contributed by atoms with Gasteiger partial charge in [-0.15, -0.1) is 0 Å². The molecule has 0 saturated heterocycles. The van der Waals surface area contributed by atoms with Gasteiger partial charge in [0.1, 0.15) is 0 Å². The van der Waals surface area contributed by atoms with Crippen LogP contribution >= 0.6 is 11.6 Å². The molecule has 3 rings (SSSR count). The third kappa shape index (κ3) is 5.35. The monoisotopic (exact) mass is 475 g/mol. The van der Waals surface area contributed by atoms with Crippen molar-refractivity contribution in [2.24, 2.45) is 10.9 Å². The number of nitrogens with zero attached hydrogens (tertiary/aromatic N) is 1. The standard InChI is InChI=1S/C22H22ClN3O7/c1-12-14(23)4-3-5-15(12)25-21(30)22(10-20(28)29)9-16(26-33-22)13-6-7-17(18(8-13)31-2)32-11-19(24)27/h3-8H,9-11H2,1-2H3,(H2,24,27)(H,25,30)(H,28,29). The van der Waals surface area contributed by atoms with Gasteiger partial charge in [-0.05, 0) is 42.8 Å². The molecule has 0 fully saturated rings. The van der Waals surface area contributed by atoms with Crippen LogP contribution in [0.1, 0.15) is 24.0 Å². The number of oxime groups is 1. The minimum atomic E-state index is -1.76. The molecule has 1 aliphatic heterocycles. The fourth-order valence-corrected chi connectivity index (χ4v) is 3.44. The predicted octanol–water partition coefficient (Wildman–Crippen LogP) is 2.50. The van der Waals surface area contributed by atoms with E-state index in [4.69, 9.17) is 31.6 Å². The molecule has 4 N–H and O–H groups in total. The van der Waals surface area contributed by atoms with E-state index in [9.17, 15) is 19.5 Å². The molecule has 2 aromatic rings. The average Bonchev–Trinajstić information content (AvgIpc) is 3.20. The van der Waals surface area contributed by atoms with Crippen molar-refractivity contribution >= 4 is 40.8 Å². The summed E-state index contributed by atoms with van der Waals surface area (Å²) in [4.78, 5) is 41.1. The van der Waals surface area contributed by atoms with Crippen molar-refractivity contribution in [3.8, 4) is 11.5 Å². The zero-order valence-electron chi connectivity index (χ0n) is 17.9. The SMILES string of the molecule is COc1cc(C2=NOC(CC(=O)O)(C(=O)Nc3cccc(Cl)c3C)C2)ccc1OCC(N)=O. The Labute approximate surface area is 194 Å². The number of rotatable bonds is 9. The Balaban J connectivity index is 1.85. The lowest BCUT2D eigenvalue weighted by atomic mass is 9.90. The lowest BCUT2D eigenvalue weighted by molar-refractivity contribution is -0.152. The van der Waals surface area contributed by atoms with E-state index in [1.807, 2.05) is 0 Å². The van der Waals surface area contributed by atoms with Crippen LogP contribution in [0, 0.1) is 6.92 Å². The highest BCUT2D eigenvalue weighted by Crippen LogP contribution is 2.35. The smallest absolute Gasteiger partial charge is 0.308 e. The number of ether oxygens (including phenoxy) is 2. The van der Waals surface area contributed by atoms with Gasteiger partial charge in [0.2, 0.25) is 5.60 Å². The van der Waals surface area contributed by atoms with Gasteiger partial charge >= 0.3 is 5.97 Å². The van der Waals surface area contributed by atoms with Gasteiger partial charge in [-0.25, -0.2) is 0 Å². The molecule has 1 unspecified atom stereocenters. The molecule has 10 nitrogen and oxygen atoms in total. The van der Waals surface area contributed by atoms with Gasteiger partial charge in [0.15, 0.2) is 18.1 Å². The van der Waals surface area contributed by atoms with Crippen molar-refractivity contribution in [1.29, 1.82) is 0 Å². The van der Waals surface area contributed by atoms with Crippen molar-refractivity contribution < 1.29 is 33.8 Å². The van der Waals surface area contributed by atoms with Gasteiger partial charge in [0.25, 0.3) is 11.8 Å². The van der Waals surface area contributed by atoms with Gasteiger partial charge in [-0.1, -0.05) is 22.8 Å². The maximum absolute atomic E-state index is 13.1. The molecule has 0 aromatic heterocycles. The number of hydrogen-bond donors (Lipinski definition) is 3. The molecule has 0 aliphatic carbocycles. The summed E-state index contributed by atoms with van der Waals surface area (Å²) in [6, 6.07) is 9.74. The Morgan fingerprint density at radius 3 is 2.70 bits per heavy atom. The molecule has 1 aliphatic rings. The number of carboxylic acid groups (broad SMARTS) is 1. The number of anilines is 1. The average molecular weight is 476 g/mol. The lowest BCUT2D eigenvalue weighted by Gasteiger charge is -2.24. The highest BCUT2D eigenvalue weighted by atomic mass is 35.5. The molecule has 0 radical (unpaired) electrons. The van der Waals surface area contributed by atoms with E-state index in [0.717, 1.165) is 0 Å². The summed E-state index contributed by atoms with van der Waals surface area (Å²) in [5, 5.41) is 16.6. The molecule has 174 valence electrons. The lowest BCUT2D eigenvalue weighted by Crippen LogP contribution is -2.45. The van der Waals surface area contributed by atoms with E-state index in [1.165, 1.54) is 7.11 Å². The second kappa shape index (κ2) is 9.78. The van der Waals surface area contributed by atoms with Gasteiger partial charge < -0.3 is 30.5 Å². The number of carbonyl (C=O) groups excluding carboxylic acids is 2. The first-order valence-corrected chi connectivity index (χ1v) is 10.2. The topological polar surface area (TPSA) is 150 Å². The van der Waals surface area contributed by atoms with Gasteiger partial charge in [0.05, 0.1) is 19.2 Å². The number of benzene rings is 2. The fourth-order valence-electron chi connectivity index (χ4n) is 3.27. The number of nitrogens with one attached hydrogen (secondary N) is 1. The molecule has 0 bridgehead atoms. The van der Waals surface area contributed by atoms with E-state index in [1.54, 1.807) is 43.3 Å². The van der Waals surface area contributed by atoms with Crippen molar-refractivity contribution in [2.45, 2.75) is 25.4 Å². The largest absolute Gasteiger partial charge is 0.493 e. The number of carbonyl (C=O) groups is 3. The van der Waals surface area contributed by atoms with Crippen LogP contribution in [0.2, 0.25) is 5.02 Å². The maximum Gasteiger partial charge on any atom is 0.308 e. The molecule has 11 heteroatoms. The first-order chi connectivity index (χ1) is 15.6. The first-order valence-electron chi connectivity index (χ1n) is 9.78. The van der Waals surface area contributed by atoms with E-state index in [0.29, 0.717) is 33.3 Å². The van der Waals surface area contributed by atoms with Crippen LogP contribution in [0.4, 0.5) is 5.69 Å². The van der Waals surface area contributed by atoms with Crippen LogP contribution < -0.4 is 20.5 Å². The Morgan fingerprint density at radius 2 is 2.03 bits per heavy atom. The number of amides is 2. The summed E-state index contributed by atoms with van der Waals surface area (Å²) in [6.07, 6.45) is -0.711. The minimum Gasteiger partial charge on any atom is -0.493 e. The van der Waals surface area contributed by atoms with Crippen LogP contribution in [0.5, 0.6) is 11.5 Å². The van der Waals surface area contributed by atoms with Crippen molar-refractivity contribution in [1.82, 2.24) is 0 Å². The van der Waals surface area contributed by atoms with E-state index in [2.05, 4.69) is 10.5 Å². The number of methoxy groups -OCH3 is 1. The number of primary amides is 1. The third-order valence-electron chi connectivity index (χ3n) is 5.02. The van der Waals surface area contributed by atoms with Crippen LogP contribution in [0.15, 0.2) is 41.6 Å². The Kier molecular flexibility index (Phi) is 7.07. The second-order valence-corrected chi connectivity index (χ2v) is 7.77. The quantitative estimate of drug-likeness (QED) is 0.504. The summed E-state index contributed by atoms with van der Waals surface area (Å²) in [5.41, 5.74) is 5.28. The Bertz CT molecular complexity index is 1130. The van der Waals surface area contributed by atoms with E-state index in [-0.39, 0.29) is 18.8 Å². The van der Waals surface area contributed by atoms with Crippen LogP contribution in [0.25, 0.3) is 0 Å². The fraction of sp³-hybridized carbons (Fsp3) is 0.273. The van der Waals surface area contributed by atoms with Crippen molar-refractivity contribution in [3.05, 3.63) is 52.5 Å². The molecule has 1 heterocycles. The van der Waals surface area contributed by atoms with Crippen LogP contribution in [-0.2, 0) is 19.2 Å². The van der Waals surface area contributed by atoms with Gasteiger partial charge in [0, 0.05) is 22.7 Å². The molecule has 33 heavy (non-hydrogen) atoms. The Hall–Kier alpha value is -3.79. The van der Waals surface area contributed by atoms with Crippen molar-refractivity contribution in [3.63, 3.8) is 0 Å². The zero-order valence-corrected chi connectivity index (χ0v) is 18.6. The molecular formula is C22H22ClN3O7. The summed E-state index contributed by atoms with van der Waals surface area (Å²) >= 11 is 6.11. The molecular weight excluding hydrogens is 454 g/mol. The van der Waals surface area contributed by atoms with E-state index < -0.39 is 29.8 Å².